The molecule has 2 aromatic rings. The van der Waals surface area contributed by atoms with Crippen LogP contribution in [0.4, 0.5) is 0 Å². The highest BCUT2D eigenvalue weighted by atomic mass is 16.5. The van der Waals surface area contributed by atoms with Crippen molar-refractivity contribution in [3.8, 4) is 17.2 Å². The minimum absolute atomic E-state index is 0.0765. The Bertz CT molecular complexity index is 839. The van der Waals surface area contributed by atoms with E-state index < -0.39 is 0 Å². The molecule has 0 aliphatic carbocycles. The maximum atomic E-state index is 12.0. The molecule has 0 fully saturated rings. The van der Waals surface area contributed by atoms with Gasteiger partial charge in [0, 0.05) is 0 Å². The molecule has 2 aromatic carbocycles. The fourth-order valence-corrected chi connectivity index (χ4v) is 2.62. The van der Waals surface area contributed by atoms with Crippen molar-refractivity contribution in [2.75, 3.05) is 20.3 Å². The van der Waals surface area contributed by atoms with Crippen LogP contribution in [0.1, 0.15) is 51.7 Å². The van der Waals surface area contributed by atoms with Crippen LogP contribution >= 0.6 is 0 Å². The zero-order valence-electron chi connectivity index (χ0n) is 18.5. The molecule has 0 spiro atoms. The Morgan fingerprint density at radius 2 is 1.80 bits per heavy atom. The number of unbranched alkanes of at least 4 members (excludes halogenated alkanes) is 1. The van der Waals surface area contributed by atoms with E-state index in [1.807, 2.05) is 42.5 Å². The van der Waals surface area contributed by atoms with E-state index in [0.717, 1.165) is 18.4 Å². The van der Waals surface area contributed by atoms with E-state index in [2.05, 4.69) is 38.2 Å². The molecule has 1 N–H and O–H groups in total. The second kappa shape index (κ2) is 11.2. The molecule has 0 aliphatic heterocycles. The van der Waals surface area contributed by atoms with Crippen LogP contribution in [-0.2, 0) is 10.2 Å². The van der Waals surface area contributed by atoms with Crippen molar-refractivity contribution in [1.29, 1.82) is 0 Å². The lowest BCUT2D eigenvalue weighted by Crippen LogP contribution is -2.24. The van der Waals surface area contributed by atoms with E-state index in [0.29, 0.717) is 23.9 Å². The van der Waals surface area contributed by atoms with Crippen LogP contribution in [0, 0.1) is 0 Å². The summed E-state index contributed by atoms with van der Waals surface area (Å²) in [4.78, 5) is 12.0. The average Bonchev–Trinajstić information content (AvgIpc) is 2.73. The number of carbonyl (C=O) groups is 1. The summed E-state index contributed by atoms with van der Waals surface area (Å²) >= 11 is 0. The third kappa shape index (κ3) is 7.43. The summed E-state index contributed by atoms with van der Waals surface area (Å²) in [6.45, 7) is 9.10. The first-order chi connectivity index (χ1) is 14.3. The number of nitrogens with zero attached hydrogens (tertiary/aromatic N) is 1. The molecule has 0 saturated heterocycles. The zero-order valence-corrected chi connectivity index (χ0v) is 18.5. The number of amides is 1. The van der Waals surface area contributed by atoms with Gasteiger partial charge >= 0.3 is 0 Å². The molecule has 30 heavy (non-hydrogen) atoms. The molecule has 0 heterocycles. The van der Waals surface area contributed by atoms with E-state index >= 15 is 0 Å². The summed E-state index contributed by atoms with van der Waals surface area (Å²) in [5, 5.41) is 3.98. The predicted molar refractivity (Wildman–Crippen MR) is 120 cm³/mol. The molecule has 6 nitrogen and oxygen atoms in total. The number of methoxy groups -OCH3 is 1. The summed E-state index contributed by atoms with van der Waals surface area (Å²) in [6, 6.07) is 13.3. The fraction of sp³-hybridized carbons (Fsp3) is 0.417. The number of ether oxygens (including phenoxy) is 3. The molecule has 162 valence electrons. The van der Waals surface area contributed by atoms with E-state index in [-0.39, 0.29) is 17.9 Å². The zero-order chi connectivity index (χ0) is 22.0. The van der Waals surface area contributed by atoms with Gasteiger partial charge in [-0.1, -0.05) is 46.2 Å². The van der Waals surface area contributed by atoms with Gasteiger partial charge in [0.05, 0.1) is 19.9 Å². The monoisotopic (exact) mass is 412 g/mol. The molecule has 0 saturated carbocycles. The fourth-order valence-electron chi connectivity index (χ4n) is 2.62. The van der Waals surface area contributed by atoms with Gasteiger partial charge in [-0.05, 0) is 53.3 Å². The highest BCUT2D eigenvalue weighted by Gasteiger charge is 2.13. The molecule has 0 atom stereocenters. The summed E-state index contributed by atoms with van der Waals surface area (Å²) in [5.74, 6) is 1.63. The SMILES string of the molecule is CCCCOc1ccc(/C=N/NC(=O)COc2ccc(C(C)(C)C)cc2)cc1OC. The molecular weight excluding hydrogens is 380 g/mol. The third-order valence-electron chi connectivity index (χ3n) is 4.44. The lowest BCUT2D eigenvalue weighted by atomic mass is 9.87. The van der Waals surface area contributed by atoms with Crippen molar-refractivity contribution in [1.82, 2.24) is 5.43 Å². The van der Waals surface area contributed by atoms with Crippen LogP contribution in [0.2, 0.25) is 0 Å². The van der Waals surface area contributed by atoms with Crippen LogP contribution in [-0.4, -0.2) is 32.4 Å². The Morgan fingerprint density at radius 1 is 1.07 bits per heavy atom. The first kappa shape index (κ1) is 23.3. The predicted octanol–water partition coefficient (Wildman–Crippen LogP) is 4.70. The topological polar surface area (TPSA) is 69.2 Å². The summed E-state index contributed by atoms with van der Waals surface area (Å²) in [5.41, 5.74) is 4.54. The smallest absolute Gasteiger partial charge is 0.277 e. The van der Waals surface area contributed by atoms with Crippen molar-refractivity contribution in [2.24, 2.45) is 5.10 Å². The second-order valence-corrected chi connectivity index (χ2v) is 7.97. The first-order valence-corrected chi connectivity index (χ1v) is 10.2. The van der Waals surface area contributed by atoms with Gasteiger partial charge in [-0.2, -0.15) is 5.10 Å². The van der Waals surface area contributed by atoms with Gasteiger partial charge in [0.25, 0.3) is 5.91 Å². The molecule has 0 radical (unpaired) electrons. The standard InChI is InChI=1S/C24H32N2O4/c1-6-7-14-29-21-13-8-18(15-22(21)28-5)16-25-26-23(27)17-30-20-11-9-19(10-12-20)24(2,3)4/h8-13,15-16H,6-7,14,17H2,1-5H3,(H,26,27)/b25-16+. The summed E-state index contributed by atoms with van der Waals surface area (Å²) in [7, 11) is 1.59. The maximum Gasteiger partial charge on any atom is 0.277 e. The van der Waals surface area contributed by atoms with Crippen LogP contribution in [0.25, 0.3) is 0 Å². The largest absolute Gasteiger partial charge is 0.493 e. The van der Waals surface area contributed by atoms with Gasteiger partial charge in [-0.3, -0.25) is 4.79 Å². The van der Waals surface area contributed by atoms with Crippen LogP contribution in [0.3, 0.4) is 0 Å². The quantitative estimate of drug-likeness (QED) is 0.349. The number of benzene rings is 2. The Hall–Kier alpha value is -3.02. The van der Waals surface area contributed by atoms with Crippen molar-refractivity contribution >= 4 is 12.1 Å². The van der Waals surface area contributed by atoms with E-state index in [4.69, 9.17) is 14.2 Å². The van der Waals surface area contributed by atoms with Gasteiger partial charge in [-0.15, -0.1) is 0 Å². The number of nitrogens with one attached hydrogen (secondary N) is 1. The van der Waals surface area contributed by atoms with Crippen LogP contribution in [0.15, 0.2) is 47.6 Å². The van der Waals surface area contributed by atoms with Gasteiger partial charge in [0.15, 0.2) is 18.1 Å². The lowest BCUT2D eigenvalue weighted by Gasteiger charge is -2.19. The molecule has 1 amide bonds. The van der Waals surface area contributed by atoms with Gasteiger partial charge in [0.2, 0.25) is 0 Å². The van der Waals surface area contributed by atoms with Crippen molar-refractivity contribution in [3.63, 3.8) is 0 Å². The van der Waals surface area contributed by atoms with Gasteiger partial charge in [0.1, 0.15) is 5.75 Å². The van der Waals surface area contributed by atoms with Crippen molar-refractivity contribution < 1.29 is 19.0 Å². The number of carbonyl (C=O) groups excluding carboxylic acids is 1. The van der Waals surface area contributed by atoms with Crippen LogP contribution in [0.5, 0.6) is 17.2 Å². The van der Waals surface area contributed by atoms with Crippen molar-refractivity contribution in [3.05, 3.63) is 53.6 Å². The third-order valence-corrected chi connectivity index (χ3v) is 4.44. The first-order valence-electron chi connectivity index (χ1n) is 10.2. The molecular formula is C24H32N2O4. The second-order valence-electron chi connectivity index (χ2n) is 7.97. The average molecular weight is 413 g/mol. The number of hydrogen-bond donors (Lipinski definition) is 1. The van der Waals surface area contributed by atoms with E-state index in [9.17, 15) is 4.79 Å². The van der Waals surface area contributed by atoms with E-state index in [1.54, 1.807) is 13.3 Å². The lowest BCUT2D eigenvalue weighted by molar-refractivity contribution is -0.123. The number of rotatable bonds is 10. The summed E-state index contributed by atoms with van der Waals surface area (Å²) < 4.78 is 16.6. The Kier molecular flexibility index (Phi) is 8.71. The van der Waals surface area contributed by atoms with Crippen LogP contribution < -0.4 is 19.6 Å². The molecule has 0 unspecified atom stereocenters. The molecule has 0 aliphatic rings. The number of hydrazone groups is 1. The molecule has 2 rings (SSSR count). The van der Waals surface area contributed by atoms with Gasteiger partial charge < -0.3 is 14.2 Å². The molecule has 0 bridgehead atoms. The number of hydrogen-bond acceptors (Lipinski definition) is 5. The molecule has 0 aromatic heterocycles. The summed E-state index contributed by atoms with van der Waals surface area (Å²) in [6.07, 6.45) is 3.61. The molecule has 6 heteroatoms. The van der Waals surface area contributed by atoms with Crippen molar-refractivity contribution in [2.45, 2.75) is 46.0 Å². The highest BCUT2D eigenvalue weighted by Crippen LogP contribution is 2.28. The Labute approximate surface area is 179 Å². The highest BCUT2D eigenvalue weighted by molar-refractivity contribution is 5.83. The maximum absolute atomic E-state index is 12.0. The Morgan fingerprint density at radius 3 is 2.43 bits per heavy atom. The van der Waals surface area contributed by atoms with Gasteiger partial charge in [-0.25, -0.2) is 5.43 Å². The minimum atomic E-state index is -0.336. The minimum Gasteiger partial charge on any atom is -0.493 e. The Balaban J connectivity index is 1.83. The normalized spacial score (nSPS) is 11.4. The van der Waals surface area contributed by atoms with E-state index in [1.165, 1.54) is 5.56 Å².